The Bertz CT molecular complexity index is 910. The van der Waals surface area contributed by atoms with Gasteiger partial charge in [0, 0.05) is 25.7 Å². The fourth-order valence-corrected chi connectivity index (χ4v) is 2.87. The second-order valence-electron chi connectivity index (χ2n) is 6.42. The molecule has 1 aliphatic heterocycles. The van der Waals surface area contributed by atoms with Crippen LogP contribution in [0, 0.1) is 16.0 Å². The number of nitrogens with zero attached hydrogens (tertiary/aromatic N) is 2. The zero-order valence-electron chi connectivity index (χ0n) is 14.3. The van der Waals surface area contributed by atoms with E-state index >= 15 is 0 Å². The average Bonchev–Trinajstić information content (AvgIpc) is 2.57. The van der Waals surface area contributed by atoms with Gasteiger partial charge < -0.3 is 9.84 Å². The molecular formula is C18H15F3N2O5. The Morgan fingerprint density at radius 2 is 1.96 bits per heavy atom. The number of benzene rings is 2. The predicted molar refractivity (Wildman–Crippen MR) is 91.0 cm³/mol. The van der Waals surface area contributed by atoms with Crippen molar-refractivity contribution in [1.82, 2.24) is 4.90 Å². The molecule has 1 aliphatic rings. The summed E-state index contributed by atoms with van der Waals surface area (Å²) in [6.45, 7) is 1.03. The quantitative estimate of drug-likeness (QED) is 0.588. The molecule has 0 saturated carbocycles. The summed E-state index contributed by atoms with van der Waals surface area (Å²) >= 11 is 0. The van der Waals surface area contributed by atoms with Gasteiger partial charge in [0.2, 0.25) is 5.75 Å². The lowest BCUT2D eigenvalue weighted by Gasteiger charge is -2.36. The fourth-order valence-electron chi connectivity index (χ4n) is 2.87. The molecule has 2 aromatic rings. The van der Waals surface area contributed by atoms with Crippen molar-refractivity contribution in [3.63, 3.8) is 0 Å². The third kappa shape index (κ3) is 4.39. The molecule has 0 amide bonds. The molecule has 0 radical (unpaired) electrons. The molecule has 0 unspecified atom stereocenters. The summed E-state index contributed by atoms with van der Waals surface area (Å²) in [6, 6.07) is 8.23. The Morgan fingerprint density at radius 1 is 1.25 bits per heavy atom. The van der Waals surface area contributed by atoms with E-state index in [1.165, 1.54) is 18.2 Å². The van der Waals surface area contributed by atoms with Crippen LogP contribution in [0.15, 0.2) is 42.5 Å². The van der Waals surface area contributed by atoms with Gasteiger partial charge in [0.1, 0.15) is 5.75 Å². The van der Waals surface area contributed by atoms with Crippen LogP contribution < -0.4 is 4.74 Å². The second-order valence-corrected chi connectivity index (χ2v) is 6.42. The SMILES string of the molecule is O=C(O)C1CN(Cc2ccc(Oc3cccc(C(F)(F)F)c3)c([N+](=O)[O-])c2)C1. The van der Waals surface area contributed by atoms with E-state index in [1.54, 1.807) is 6.07 Å². The summed E-state index contributed by atoms with van der Waals surface area (Å²) in [6.07, 6.45) is -4.56. The van der Waals surface area contributed by atoms with E-state index in [2.05, 4.69) is 0 Å². The number of carbonyl (C=O) groups is 1. The summed E-state index contributed by atoms with van der Waals surface area (Å²) in [5.41, 5.74) is -0.729. The summed E-state index contributed by atoms with van der Waals surface area (Å²) in [5.74, 6) is -1.68. The minimum absolute atomic E-state index is 0.169. The number of carboxylic acids is 1. The molecule has 1 fully saturated rings. The standard InChI is InChI=1S/C18H15F3N2O5/c19-18(20,21)13-2-1-3-14(7-13)28-16-5-4-11(6-15(16)23(26)27)8-22-9-12(10-22)17(24)25/h1-7,12H,8-10H2,(H,24,25). The van der Waals surface area contributed by atoms with Gasteiger partial charge in [0.05, 0.1) is 16.4 Å². The van der Waals surface area contributed by atoms with Crippen molar-refractivity contribution in [2.45, 2.75) is 12.7 Å². The fraction of sp³-hybridized carbons (Fsp3) is 0.278. The Morgan fingerprint density at radius 3 is 2.57 bits per heavy atom. The van der Waals surface area contributed by atoms with Crippen LogP contribution >= 0.6 is 0 Å². The van der Waals surface area contributed by atoms with Gasteiger partial charge >= 0.3 is 17.8 Å². The first-order valence-electron chi connectivity index (χ1n) is 8.21. The van der Waals surface area contributed by atoms with Gasteiger partial charge in [-0.2, -0.15) is 13.2 Å². The van der Waals surface area contributed by atoms with Crippen LogP contribution in [0.5, 0.6) is 11.5 Å². The zero-order chi connectivity index (χ0) is 20.5. The highest BCUT2D eigenvalue weighted by molar-refractivity contribution is 5.71. The maximum atomic E-state index is 12.8. The molecule has 2 aromatic carbocycles. The smallest absolute Gasteiger partial charge is 0.416 e. The summed E-state index contributed by atoms with van der Waals surface area (Å²) < 4.78 is 43.7. The number of likely N-dealkylation sites (tertiary alicyclic amines) is 1. The van der Waals surface area contributed by atoms with Gasteiger partial charge in [-0.25, -0.2) is 0 Å². The van der Waals surface area contributed by atoms with Gasteiger partial charge in [0.15, 0.2) is 0 Å². The number of hydrogen-bond acceptors (Lipinski definition) is 5. The Labute approximate surface area is 157 Å². The summed E-state index contributed by atoms with van der Waals surface area (Å²) in [7, 11) is 0. The van der Waals surface area contributed by atoms with E-state index in [1.807, 2.05) is 4.90 Å². The predicted octanol–water partition coefficient (Wildman–Crippen LogP) is 3.92. The zero-order valence-corrected chi connectivity index (χ0v) is 14.3. The number of nitro groups is 1. The minimum Gasteiger partial charge on any atom is -0.481 e. The molecule has 148 valence electrons. The van der Waals surface area contributed by atoms with Crippen molar-refractivity contribution in [1.29, 1.82) is 0 Å². The average molecular weight is 396 g/mol. The van der Waals surface area contributed by atoms with Crippen molar-refractivity contribution in [2.75, 3.05) is 13.1 Å². The number of nitro benzene ring substituents is 1. The van der Waals surface area contributed by atoms with Gasteiger partial charge in [-0.1, -0.05) is 12.1 Å². The molecule has 7 nitrogen and oxygen atoms in total. The van der Waals surface area contributed by atoms with E-state index in [0.29, 0.717) is 25.2 Å². The molecule has 0 aromatic heterocycles. The number of hydrogen-bond donors (Lipinski definition) is 1. The van der Waals surface area contributed by atoms with Crippen molar-refractivity contribution < 1.29 is 32.7 Å². The van der Waals surface area contributed by atoms with Gasteiger partial charge in [0.25, 0.3) is 0 Å². The van der Waals surface area contributed by atoms with Gasteiger partial charge in [-0.3, -0.25) is 19.8 Å². The highest BCUT2D eigenvalue weighted by atomic mass is 19.4. The molecule has 1 N–H and O–H groups in total. The Hall–Kier alpha value is -3.14. The monoisotopic (exact) mass is 396 g/mol. The summed E-state index contributed by atoms with van der Waals surface area (Å²) in [4.78, 5) is 23.3. The topological polar surface area (TPSA) is 92.9 Å². The van der Waals surface area contributed by atoms with Crippen LogP contribution in [0.2, 0.25) is 0 Å². The lowest BCUT2D eigenvalue weighted by atomic mass is 9.99. The van der Waals surface area contributed by atoms with Crippen LogP contribution in [0.25, 0.3) is 0 Å². The molecule has 0 spiro atoms. The number of carboxylic acid groups (broad SMARTS) is 1. The third-order valence-corrected chi connectivity index (χ3v) is 4.32. The number of rotatable bonds is 6. The lowest BCUT2D eigenvalue weighted by molar-refractivity contribution is -0.385. The van der Waals surface area contributed by atoms with Crippen molar-refractivity contribution in [3.8, 4) is 11.5 Å². The van der Waals surface area contributed by atoms with Crippen molar-refractivity contribution in [2.24, 2.45) is 5.92 Å². The third-order valence-electron chi connectivity index (χ3n) is 4.32. The lowest BCUT2D eigenvalue weighted by Crippen LogP contribution is -2.49. The molecular weight excluding hydrogens is 381 g/mol. The number of alkyl halides is 3. The molecule has 1 heterocycles. The Balaban J connectivity index is 1.77. The van der Waals surface area contributed by atoms with E-state index in [9.17, 15) is 28.1 Å². The van der Waals surface area contributed by atoms with E-state index < -0.39 is 28.6 Å². The highest BCUT2D eigenvalue weighted by Gasteiger charge is 2.33. The first-order valence-corrected chi connectivity index (χ1v) is 8.21. The van der Waals surface area contributed by atoms with Crippen LogP contribution in [0.4, 0.5) is 18.9 Å². The van der Waals surface area contributed by atoms with Crippen LogP contribution in [0.3, 0.4) is 0 Å². The van der Waals surface area contributed by atoms with E-state index in [0.717, 1.165) is 18.2 Å². The molecule has 3 rings (SSSR count). The number of ether oxygens (including phenoxy) is 1. The van der Waals surface area contributed by atoms with Gasteiger partial charge in [-0.05, 0) is 29.8 Å². The maximum absolute atomic E-state index is 12.8. The molecule has 10 heteroatoms. The van der Waals surface area contributed by atoms with Crippen molar-refractivity contribution >= 4 is 11.7 Å². The number of halogens is 3. The van der Waals surface area contributed by atoms with E-state index in [-0.39, 0.29) is 17.2 Å². The molecule has 0 aliphatic carbocycles. The van der Waals surface area contributed by atoms with Crippen LogP contribution in [0.1, 0.15) is 11.1 Å². The van der Waals surface area contributed by atoms with Crippen molar-refractivity contribution in [3.05, 3.63) is 63.7 Å². The minimum atomic E-state index is -4.56. The Kier molecular flexibility index (Phi) is 5.23. The first-order chi connectivity index (χ1) is 13.1. The largest absolute Gasteiger partial charge is 0.481 e. The molecule has 28 heavy (non-hydrogen) atoms. The van der Waals surface area contributed by atoms with Crippen LogP contribution in [-0.4, -0.2) is 34.0 Å². The van der Waals surface area contributed by atoms with Gasteiger partial charge in [-0.15, -0.1) is 0 Å². The number of aliphatic carboxylic acids is 1. The summed E-state index contributed by atoms with van der Waals surface area (Å²) in [5, 5.41) is 20.2. The molecule has 0 bridgehead atoms. The second kappa shape index (κ2) is 7.47. The molecule has 0 atom stereocenters. The van der Waals surface area contributed by atoms with Crippen LogP contribution in [-0.2, 0) is 17.5 Å². The first kappa shape index (κ1) is 19.6. The normalized spacial score (nSPS) is 15.1. The maximum Gasteiger partial charge on any atom is 0.416 e. The molecule has 1 saturated heterocycles. The highest BCUT2D eigenvalue weighted by Crippen LogP contribution is 2.36. The van der Waals surface area contributed by atoms with E-state index in [4.69, 9.17) is 9.84 Å².